The van der Waals surface area contributed by atoms with E-state index in [-0.39, 0.29) is 18.1 Å². The van der Waals surface area contributed by atoms with Crippen LogP contribution >= 0.6 is 15.9 Å². The lowest BCUT2D eigenvalue weighted by Gasteiger charge is -2.39. The summed E-state index contributed by atoms with van der Waals surface area (Å²) in [5.41, 5.74) is 2.03. The van der Waals surface area contributed by atoms with Crippen LogP contribution in [0.3, 0.4) is 0 Å². The minimum Gasteiger partial charge on any atom is -0.357 e. The third kappa shape index (κ3) is 4.11. The van der Waals surface area contributed by atoms with Crippen LogP contribution in [0, 0.1) is 0 Å². The van der Waals surface area contributed by atoms with Crippen LogP contribution in [0.1, 0.15) is 31.4 Å². The molecule has 1 unspecified atom stereocenters. The molecule has 150 valence electrons. The summed E-state index contributed by atoms with van der Waals surface area (Å²) < 4.78 is 1.02. The highest BCUT2D eigenvalue weighted by Gasteiger charge is 2.39. The fourth-order valence-electron chi connectivity index (χ4n) is 4.02. The molecule has 2 aromatic rings. The Kier molecular flexibility index (Phi) is 5.48. The molecule has 4 amide bonds. The molecule has 1 aromatic carbocycles. The van der Waals surface area contributed by atoms with Crippen LogP contribution < -0.4 is 10.6 Å². The molecular weight excluding hydrogens is 422 g/mol. The van der Waals surface area contributed by atoms with Gasteiger partial charge in [0.2, 0.25) is 0 Å². The third-order valence-corrected chi connectivity index (χ3v) is 6.03. The molecular formula is C20H26BrN5O2. The monoisotopic (exact) mass is 447 g/mol. The Morgan fingerprint density at radius 1 is 1.25 bits per heavy atom. The number of amides is 4. The van der Waals surface area contributed by atoms with E-state index in [1.165, 1.54) is 0 Å². The number of aromatic amines is 1. The molecule has 0 bridgehead atoms. The second kappa shape index (κ2) is 8.03. The molecule has 3 N–H and O–H groups in total. The number of urea groups is 2. The lowest BCUT2D eigenvalue weighted by atomic mass is 10.0. The van der Waals surface area contributed by atoms with E-state index in [2.05, 4.69) is 37.6 Å². The van der Waals surface area contributed by atoms with Gasteiger partial charge in [0.1, 0.15) is 0 Å². The van der Waals surface area contributed by atoms with Crippen LogP contribution in [0.2, 0.25) is 0 Å². The van der Waals surface area contributed by atoms with Gasteiger partial charge < -0.3 is 25.4 Å². The Labute approximate surface area is 172 Å². The lowest BCUT2D eigenvalue weighted by molar-refractivity contribution is 0.116. The number of hydrogen-bond donors (Lipinski definition) is 3. The first-order chi connectivity index (χ1) is 13.5. The van der Waals surface area contributed by atoms with Gasteiger partial charge in [-0.25, -0.2) is 9.59 Å². The summed E-state index contributed by atoms with van der Waals surface area (Å²) in [6, 6.07) is 8.44. The van der Waals surface area contributed by atoms with E-state index >= 15 is 0 Å². The Balaban J connectivity index is 1.41. The largest absolute Gasteiger partial charge is 0.357 e. The Morgan fingerprint density at radius 2 is 2.07 bits per heavy atom. The highest BCUT2D eigenvalue weighted by molar-refractivity contribution is 9.10. The van der Waals surface area contributed by atoms with Gasteiger partial charge in [-0.15, -0.1) is 0 Å². The molecule has 28 heavy (non-hydrogen) atoms. The molecule has 7 nitrogen and oxygen atoms in total. The highest BCUT2D eigenvalue weighted by atomic mass is 79.9. The SMILES string of the molecule is CNC(=O)N1CCCC(N(C(=O)NCc2cc3ccc(Br)cc3[nH]2)C2CC2)C1. The molecule has 2 heterocycles. The number of nitrogens with one attached hydrogen (secondary N) is 3. The summed E-state index contributed by atoms with van der Waals surface area (Å²) in [6.45, 7) is 1.81. The van der Waals surface area contributed by atoms with Crippen molar-refractivity contribution in [3.05, 3.63) is 34.4 Å². The summed E-state index contributed by atoms with van der Waals surface area (Å²) in [4.78, 5) is 32.1. The number of benzene rings is 1. The summed E-state index contributed by atoms with van der Waals surface area (Å²) in [5.74, 6) is 0. The maximum Gasteiger partial charge on any atom is 0.318 e. The molecule has 1 atom stereocenters. The maximum atomic E-state index is 13.0. The van der Waals surface area contributed by atoms with Crippen LogP contribution in [0.25, 0.3) is 10.9 Å². The Morgan fingerprint density at radius 3 is 2.82 bits per heavy atom. The van der Waals surface area contributed by atoms with Crippen molar-refractivity contribution < 1.29 is 9.59 Å². The summed E-state index contributed by atoms with van der Waals surface area (Å²) in [5, 5.41) is 6.89. The lowest BCUT2D eigenvalue weighted by Crippen LogP contribution is -2.56. The van der Waals surface area contributed by atoms with Gasteiger partial charge in [0.25, 0.3) is 0 Å². The number of H-pyrrole nitrogens is 1. The first kappa shape index (κ1) is 19.1. The Bertz CT molecular complexity index is 879. The molecule has 1 aromatic heterocycles. The number of carbonyl (C=O) groups excluding carboxylic acids is 2. The fourth-order valence-corrected chi connectivity index (χ4v) is 4.38. The van der Waals surface area contributed by atoms with Crippen molar-refractivity contribution in [1.82, 2.24) is 25.4 Å². The van der Waals surface area contributed by atoms with Gasteiger partial charge >= 0.3 is 12.1 Å². The van der Waals surface area contributed by atoms with Crippen LogP contribution in [-0.2, 0) is 6.54 Å². The maximum absolute atomic E-state index is 13.0. The standard InChI is InChI=1S/C20H26BrN5O2/c1-22-19(27)25-8-2-3-17(12-25)26(16-6-7-16)20(28)23-11-15-9-13-4-5-14(21)10-18(13)24-15/h4-5,9-10,16-17,24H,2-3,6-8,11-12H2,1H3,(H,22,27)(H,23,28). The summed E-state index contributed by atoms with van der Waals surface area (Å²) in [6.07, 6.45) is 3.96. The van der Waals surface area contributed by atoms with Gasteiger partial charge in [-0.1, -0.05) is 22.0 Å². The van der Waals surface area contributed by atoms with Crippen LogP contribution in [0.4, 0.5) is 9.59 Å². The van der Waals surface area contributed by atoms with Gasteiger partial charge in [-0.2, -0.15) is 0 Å². The second-order valence-corrected chi connectivity index (χ2v) is 8.54. The van der Waals surface area contributed by atoms with Gasteiger partial charge in [0, 0.05) is 41.9 Å². The van der Waals surface area contributed by atoms with E-state index in [9.17, 15) is 9.59 Å². The van der Waals surface area contributed by atoms with E-state index in [4.69, 9.17) is 0 Å². The molecule has 2 aliphatic rings. The second-order valence-electron chi connectivity index (χ2n) is 7.62. The van der Waals surface area contributed by atoms with E-state index < -0.39 is 0 Å². The predicted molar refractivity (Wildman–Crippen MR) is 112 cm³/mol. The number of piperidine rings is 1. The van der Waals surface area contributed by atoms with E-state index in [1.807, 2.05) is 28.0 Å². The van der Waals surface area contributed by atoms with Crippen molar-refractivity contribution in [3.8, 4) is 0 Å². The number of fused-ring (bicyclic) bond motifs is 1. The first-order valence-corrected chi connectivity index (χ1v) is 10.6. The minimum absolute atomic E-state index is 0.0360. The van der Waals surface area contributed by atoms with Crippen molar-refractivity contribution in [1.29, 1.82) is 0 Å². The van der Waals surface area contributed by atoms with Gasteiger partial charge in [0.05, 0.1) is 12.6 Å². The molecule has 0 spiro atoms. The Hall–Kier alpha value is -2.22. The number of hydrogen-bond acceptors (Lipinski definition) is 2. The predicted octanol–water partition coefficient (Wildman–Crippen LogP) is 3.41. The van der Waals surface area contributed by atoms with Crippen molar-refractivity contribution in [2.45, 2.75) is 44.3 Å². The molecule has 8 heteroatoms. The first-order valence-electron chi connectivity index (χ1n) is 9.85. The van der Waals surface area contributed by atoms with Gasteiger partial charge in [-0.3, -0.25) is 0 Å². The van der Waals surface area contributed by atoms with Crippen molar-refractivity contribution in [2.75, 3.05) is 20.1 Å². The molecule has 4 rings (SSSR count). The average molecular weight is 448 g/mol. The van der Waals surface area contributed by atoms with E-state index in [0.29, 0.717) is 19.1 Å². The number of nitrogens with zero attached hydrogens (tertiary/aromatic N) is 2. The minimum atomic E-state index is -0.0647. The number of rotatable bonds is 4. The van der Waals surface area contributed by atoms with Crippen LogP contribution in [0.5, 0.6) is 0 Å². The molecule has 1 aliphatic heterocycles. The zero-order valence-corrected chi connectivity index (χ0v) is 17.6. The van der Waals surface area contributed by atoms with Gasteiger partial charge in [0.15, 0.2) is 0 Å². The van der Waals surface area contributed by atoms with Gasteiger partial charge in [-0.05, 0) is 49.3 Å². The number of halogens is 1. The number of carbonyl (C=O) groups is 2. The van der Waals surface area contributed by atoms with Crippen molar-refractivity contribution in [2.24, 2.45) is 0 Å². The number of likely N-dealkylation sites (tertiary alicyclic amines) is 1. The van der Waals surface area contributed by atoms with Crippen LogP contribution in [-0.4, -0.2) is 59.1 Å². The van der Waals surface area contributed by atoms with E-state index in [1.54, 1.807) is 7.05 Å². The summed E-state index contributed by atoms with van der Waals surface area (Å²) >= 11 is 3.48. The smallest absolute Gasteiger partial charge is 0.318 e. The molecule has 0 radical (unpaired) electrons. The van der Waals surface area contributed by atoms with Crippen molar-refractivity contribution >= 4 is 38.9 Å². The zero-order valence-electron chi connectivity index (χ0n) is 16.0. The highest BCUT2D eigenvalue weighted by Crippen LogP contribution is 2.31. The van der Waals surface area contributed by atoms with Crippen LogP contribution in [0.15, 0.2) is 28.7 Å². The molecule has 1 aliphatic carbocycles. The number of aromatic nitrogens is 1. The zero-order chi connectivity index (χ0) is 19.7. The molecule has 1 saturated carbocycles. The third-order valence-electron chi connectivity index (χ3n) is 5.54. The fraction of sp³-hybridized carbons (Fsp3) is 0.500. The normalized spacial score (nSPS) is 19.5. The summed E-state index contributed by atoms with van der Waals surface area (Å²) in [7, 11) is 1.65. The van der Waals surface area contributed by atoms with E-state index in [0.717, 1.165) is 53.3 Å². The molecule has 1 saturated heterocycles. The average Bonchev–Trinajstić information content (AvgIpc) is 3.44. The topological polar surface area (TPSA) is 80.5 Å². The molecule has 2 fully saturated rings. The quantitative estimate of drug-likeness (QED) is 0.670. The van der Waals surface area contributed by atoms with Crippen molar-refractivity contribution in [3.63, 3.8) is 0 Å².